The number of amides is 1. The third-order valence-electron chi connectivity index (χ3n) is 4.55. The first kappa shape index (κ1) is 15.6. The summed E-state index contributed by atoms with van der Waals surface area (Å²) in [5.41, 5.74) is 4.42. The summed E-state index contributed by atoms with van der Waals surface area (Å²) in [7, 11) is 1.84. The second kappa shape index (κ2) is 6.44. The van der Waals surface area contributed by atoms with Crippen LogP contribution in [0.1, 0.15) is 28.9 Å². The normalized spacial score (nSPS) is 16.0. The Morgan fingerprint density at radius 2 is 2.17 bits per heavy atom. The fraction of sp³-hybridized carbons (Fsp3) is 0.444. The highest BCUT2D eigenvalue weighted by atomic mass is 16.5. The van der Waals surface area contributed by atoms with Gasteiger partial charge in [0.15, 0.2) is 0 Å². The molecule has 1 aliphatic rings. The van der Waals surface area contributed by atoms with Crippen molar-refractivity contribution in [2.75, 3.05) is 13.6 Å². The molecule has 0 unspecified atom stereocenters. The van der Waals surface area contributed by atoms with Crippen molar-refractivity contribution in [3.63, 3.8) is 0 Å². The second-order valence-corrected chi connectivity index (χ2v) is 6.25. The van der Waals surface area contributed by atoms with Crippen LogP contribution in [0.4, 0.5) is 0 Å². The van der Waals surface area contributed by atoms with E-state index in [2.05, 4.69) is 16.3 Å². The zero-order valence-electron chi connectivity index (χ0n) is 13.9. The van der Waals surface area contributed by atoms with Gasteiger partial charge in [-0.25, -0.2) is 0 Å². The Hall–Kier alpha value is -2.30. The van der Waals surface area contributed by atoms with Crippen molar-refractivity contribution < 1.29 is 9.53 Å². The zero-order chi connectivity index (χ0) is 16.4. The Labute approximate surface area is 136 Å². The fourth-order valence-corrected chi connectivity index (χ4v) is 2.96. The monoisotopic (exact) mass is 313 g/mol. The first-order valence-electron chi connectivity index (χ1n) is 8.03. The second-order valence-electron chi connectivity index (χ2n) is 6.25. The molecule has 2 heterocycles. The van der Waals surface area contributed by atoms with Gasteiger partial charge in [-0.2, -0.15) is 5.10 Å². The Morgan fingerprint density at radius 3 is 2.87 bits per heavy atom. The molecular formula is C18H23N3O2. The minimum absolute atomic E-state index is 0.0516. The van der Waals surface area contributed by atoms with Crippen molar-refractivity contribution in [3.05, 3.63) is 46.8 Å². The minimum atomic E-state index is 0.0516. The molecule has 1 atom stereocenters. The molecule has 0 saturated heterocycles. The average Bonchev–Trinajstić information content (AvgIpc) is 3.09. The molecule has 1 aromatic carbocycles. The number of hydrogen-bond donors (Lipinski definition) is 1. The van der Waals surface area contributed by atoms with Crippen LogP contribution in [0.3, 0.4) is 0 Å². The number of likely N-dealkylation sites (N-methyl/N-ethyl adjacent to an activating group) is 1. The summed E-state index contributed by atoms with van der Waals surface area (Å²) in [6.45, 7) is 4.65. The number of aromatic nitrogens is 2. The number of benzene rings is 1. The maximum absolute atomic E-state index is 12.3. The SMILES string of the molecule is Cc1[nH]nc(CCC(=O)N(C)C[C@H]2Cc3ccccc3O2)c1C. The minimum Gasteiger partial charge on any atom is -0.488 e. The lowest BCUT2D eigenvalue weighted by molar-refractivity contribution is -0.130. The molecule has 1 N–H and O–H groups in total. The third kappa shape index (κ3) is 3.38. The predicted octanol–water partition coefficient (Wildman–Crippen LogP) is 2.42. The van der Waals surface area contributed by atoms with Gasteiger partial charge in [0.2, 0.25) is 5.91 Å². The van der Waals surface area contributed by atoms with E-state index in [9.17, 15) is 4.79 Å². The molecule has 0 spiro atoms. The molecule has 23 heavy (non-hydrogen) atoms. The highest BCUT2D eigenvalue weighted by molar-refractivity contribution is 5.76. The van der Waals surface area contributed by atoms with Crippen molar-refractivity contribution in [2.24, 2.45) is 0 Å². The van der Waals surface area contributed by atoms with Gasteiger partial charge in [0.1, 0.15) is 11.9 Å². The van der Waals surface area contributed by atoms with Gasteiger partial charge < -0.3 is 9.64 Å². The van der Waals surface area contributed by atoms with Crippen molar-refractivity contribution in [2.45, 2.75) is 39.2 Å². The molecule has 3 rings (SSSR count). The van der Waals surface area contributed by atoms with Gasteiger partial charge >= 0.3 is 0 Å². The number of aryl methyl sites for hydroxylation is 2. The summed E-state index contributed by atoms with van der Waals surface area (Å²) in [5.74, 6) is 1.07. The number of ether oxygens (including phenoxy) is 1. The van der Waals surface area contributed by atoms with Crippen LogP contribution >= 0.6 is 0 Å². The number of para-hydroxylation sites is 1. The number of fused-ring (bicyclic) bond motifs is 1. The van der Waals surface area contributed by atoms with Crippen LogP contribution in [0.15, 0.2) is 24.3 Å². The number of nitrogens with zero attached hydrogens (tertiary/aromatic N) is 2. The molecule has 0 radical (unpaired) electrons. The van der Waals surface area contributed by atoms with E-state index >= 15 is 0 Å². The number of aromatic amines is 1. The lowest BCUT2D eigenvalue weighted by atomic mass is 10.1. The van der Waals surface area contributed by atoms with Gasteiger partial charge in [-0.15, -0.1) is 0 Å². The molecule has 1 aromatic heterocycles. The van der Waals surface area contributed by atoms with Crippen LogP contribution in [0, 0.1) is 13.8 Å². The standard InChI is InChI=1S/C18H23N3O2/c1-12-13(2)19-20-16(12)8-9-18(22)21(3)11-15-10-14-6-4-5-7-17(14)23-15/h4-7,15H,8-11H2,1-3H3,(H,19,20)/t15-/m1/s1. The van der Waals surface area contributed by atoms with E-state index in [0.717, 1.165) is 29.1 Å². The highest BCUT2D eigenvalue weighted by Gasteiger charge is 2.25. The Morgan fingerprint density at radius 1 is 1.39 bits per heavy atom. The van der Waals surface area contributed by atoms with Crippen molar-refractivity contribution in [3.8, 4) is 5.75 Å². The van der Waals surface area contributed by atoms with E-state index in [4.69, 9.17) is 4.74 Å². The number of H-pyrrole nitrogens is 1. The highest BCUT2D eigenvalue weighted by Crippen LogP contribution is 2.28. The molecule has 2 aromatic rings. The Bertz CT molecular complexity index is 683. The van der Waals surface area contributed by atoms with Crippen molar-refractivity contribution >= 4 is 5.91 Å². The zero-order valence-corrected chi connectivity index (χ0v) is 13.9. The molecule has 5 heteroatoms. The van der Waals surface area contributed by atoms with Crippen LogP contribution in [0.25, 0.3) is 0 Å². The van der Waals surface area contributed by atoms with Crippen LogP contribution < -0.4 is 4.74 Å². The summed E-state index contributed by atoms with van der Waals surface area (Å²) in [6.07, 6.45) is 2.06. The van der Waals surface area contributed by atoms with Crippen LogP contribution in [-0.2, 0) is 17.6 Å². The average molecular weight is 313 g/mol. The number of nitrogens with one attached hydrogen (secondary N) is 1. The van der Waals surface area contributed by atoms with Gasteiger partial charge in [0, 0.05) is 32.0 Å². The molecular weight excluding hydrogens is 290 g/mol. The molecule has 0 aliphatic carbocycles. The Kier molecular flexibility index (Phi) is 4.37. The van der Waals surface area contributed by atoms with Crippen molar-refractivity contribution in [1.29, 1.82) is 0 Å². The van der Waals surface area contributed by atoms with Gasteiger partial charge in [-0.3, -0.25) is 9.89 Å². The Balaban J connectivity index is 1.50. The van der Waals surface area contributed by atoms with E-state index in [1.165, 1.54) is 5.56 Å². The fourth-order valence-electron chi connectivity index (χ4n) is 2.96. The summed E-state index contributed by atoms with van der Waals surface area (Å²) in [4.78, 5) is 14.1. The predicted molar refractivity (Wildman–Crippen MR) is 88.6 cm³/mol. The van der Waals surface area contributed by atoms with E-state index < -0.39 is 0 Å². The summed E-state index contributed by atoms with van der Waals surface area (Å²) in [5, 5.41) is 7.22. The third-order valence-corrected chi connectivity index (χ3v) is 4.55. The van der Waals surface area contributed by atoms with Gasteiger partial charge in [0.25, 0.3) is 0 Å². The van der Waals surface area contributed by atoms with E-state index in [-0.39, 0.29) is 12.0 Å². The maximum Gasteiger partial charge on any atom is 0.222 e. The quantitative estimate of drug-likeness (QED) is 0.922. The van der Waals surface area contributed by atoms with Gasteiger partial charge in [0.05, 0.1) is 12.2 Å². The molecule has 1 amide bonds. The van der Waals surface area contributed by atoms with Crippen LogP contribution in [0.5, 0.6) is 5.75 Å². The summed E-state index contributed by atoms with van der Waals surface area (Å²) >= 11 is 0. The van der Waals surface area contributed by atoms with Gasteiger partial charge in [-0.1, -0.05) is 18.2 Å². The topological polar surface area (TPSA) is 58.2 Å². The van der Waals surface area contributed by atoms with Crippen LogP contribution in [-0.4, -0.2) is 40.7 Å². The molecule has 0 fully saturated rings. The summed E-state index contributed by atoms with van der Waals surface area (Å²) < 4.78 is 5.90. The largest absolute Gasteiger partial charge is 0.488 e. The van der Waals surface area contributed by atoms with E-state index in [0.29, 0.717) is 19.4 Å². The molecule has 0 bridgehead atoms. The lowest BCUT2D eigenvalue weighted by Gasteiger charge is -2.21. The first-order chi connectivity index (χ1) is 11.0. The summed E-state index contributed by atoms with van der Waals surface area (Å²) in [6, 6.07) is 8.07. The number of rotatable bonds is 5. The number of carbonyl (C=O) groups excluding carboxylic acids is 1. The smallest absolute Gasteiger partial charge is 0.222 e. The molecule has 1 aliphatic heterocycles. The van der Waals surface area contributed by atoms with Crippen molar-refractivity contribution in [1.82, 2.24) is 15.1 Å². The maximum atomic E-state index is 12.3. The molecule has 0 saturated carbocycles. The number of carbonyl (C=O) groups is 1. The lowest BCUT2D eigenvalue weighted by Crippen LogP contribution is -2.36. The van der Waals surface area contributed by atoms with E-state index in [1.54, 1.807) is 4.90 Å². The molecule has 5 nitrogen and oxygen atoms in total. The molecule has 122 valence electrons. The first-order valence-corrected chi connectivity index (χ1v) is 8.03. The van der Waals surface area contributed by atoms with E-state index in [1.807, 2.05) is 39.1 Å². The van der Waals surface area contributed by atoms with Crippen LogP contribution in [0.2, 0.25) is 0 Å². The number of hydrogen-bond acceptors (Lipinski definition) is 3. The van der Waals surface area contributed by atoms with Gasteiger partial charge in [-0.05, 0) is 31.0 Å².